The van der Waals surface area contributed by atoms with Crippen molar-refractivity contribution in [3.63, 3.8) is 0 Å². The van der Waals surface area contributed by atoms with Crippen molar-refractivity contribution in [2.75, 3.05) is 11.1 Å². The Hall–Kier alpha value is -2.56. The van der Waals surface area contributed by atoms with Crippen LogP contribution in [0.2, 0.25) is 0 Å². The monoisotopic (exact) mass is 240 g/mol. The summed E-state index contributed by atoms with van der Waals surface area (Å²) in [6.45, 7) is 1.46. The number of rotatable bonds is 1. The van der Waals surface area contributed by atoms with Gasteiger partial charge in [0, 0.05) is 17.7 Å². The zero-order chi connectivity index (χ0) is 12.7. The Labute approximate surface area is 103 Å². The molecule has 0 radical (unpaired) electrons. The van der Waals surface area contributed by atoms with Crippen LogP contribution >= 0.6 is 0 Å². The van der Waals surface area contributed by atoms with Gasteiger partial charge in [-0.2, -0.15) is 0 Å². The van der Waals surface area contributed by atoms with E-state index < -0.39 is 0 Å². The first-order valence-corrected chi connectivity index (χ1v) is 5.58. The quantitative estimate of drug-likeness (QED) is 0.570. The molecule has 0 aliphatic rings. The van der Waals surface area contributed by atoms with E-state index in [1.807, 2.05) is 24.3 Å². The van der Waals surface area contributed by atoms with Crippen molar-refractivity contribution in [2.45, 2.75) is 6.92 Å². The normalized spacial score (nSPS) is 10.9. The van der Waals surface area contributed by atoms with Crippen molar-refractivity contribution < 1.29 is 4.79 Å². The highest BCUT2D eigenvalue weighted by Gasteiger charge is 2.08. The third kappa shape index (κ3) is 1.57. The molecular weight excluding hydrogens is 228 g/mol. The number of para-hydroxylation sites is 1. The smallest absolute Gasteiger partial charge is 0.222 e. The SMILES string of the molecule is CC(=O)Nc1cc2c(cn1)[nH]c1c(N)cccc12. The number of nitrogens with one attached hydrogen (secondary N) is 2. The number of aromatic nitrogens is 2. The van der Waals surface area contributed by atoms with Crippen LogP contribution in [0.1, 0.15) is 6.92 Å². The van der Waals surface area contributed by atoms with Gasteiger partial charge in [0.2, 0.25) is 5.91 Å². The molecule has 0 aliphatic heterocycles. The van der Waals surface area contributed by atoms with Crippen LogP contribution in [0.3, 0.4) is 0 Å². The molecule has 1 aromatic carbocycles. The van der Waals surface area contributed by atoms with Crippen molar-refractivity contribution in [1.29, 1.82) is 0 Å². The van der Waals surface area contributed by atoms with E-state index in [0.717, 1.165) is 21.8 Å². The van der Waals surface area contributed by atoms with E-state index in [0.29, 0.717) is 11.5 Å². The molecule has 5 nitrogen and oxygen atoms in total. The molecule has 5 heteroatoms. The molecule has 18 heavy (non-hydrogen) atoms. The van der Waals surface area contributed by atoms with Crippen molar-refractivity contribution in [2.24, 2.45) is 0 Å². The Kier molecular flexibility index (Phi) is 2.19. The number of amides is 1. The van der Waals surface area contributed by atoms with Crippen molar-refractivity contribution in [3.8, 4) is 0 Å². The van der Waals surface area contributed by atoms with Gasteiger partial charge < -0.3 is 16.0 Å². The first-order valence-electron chi connectivity index (χ1n) is 5.58. The van der Waals surface area contributed by atoms with E-state index in [1.54, 1.807) is 6.20 Å². The fraction of sp³-hybridized carbons (Fsp3) is 0.0769. The number of carbonyl (C=O) groups excluding carboxylic acids is 1. The number of hydrogen-bond acceptors (Lipinski definition) is 3. The number of pyridine rings is 1. The summed E-state index contributed by atoms with van der Waals surface area (Å²) in [5.41, 5.74) is 8.41. The third-order valence-corrected chi connectivity index (χ3v) is 2.85. The van der Waals surface area contributed by atoms with E-state index in [-0.39, 0.29) is 5.91 Å². The number of benzene rings is 1. The molecule has 90 valence electrons. The number of nitrogens with two attached hydrogens (primary N) is 1. The Bertz CT molecular complexity index is 760. The van der Waals surface area contributed by atoms with Crippen molar-refractivity contribution >= 4 is 39.2 Å². The summed E-state index contributed by atoms with van der Waals surface area (Å²) in [4.78, 5) is 18.4. The molecule has 2 heterocycles. The largest absolute Gasteiger partial charge is 0.397 e. The first-order chi connectivity index (χ1) is 8.65. The van der Waals surface area contributed by atoms with Gasteiger partial charge in [-0.05, 0) is 12.1 Å². The number of anilines is 2. The van der Waals surface area contributed by atoms with Gasteiger partial charge in [0.1, 0.15) is 5.82 Å². The van der Waals surface area contributed by atoms with Gasteiger partial charge in [-0.25, -0.2) is 4.98 Å². The predicted octanol–water partition coefficient (Wildman–Crippen LogP) is 2.26. The molecule has 0 spiro atoms. The van der Waals surface area contributed by atoms with Gasteiger partial charge >= 0.3 is 0 Å². The number of hydrogen-bond donors (Lipinski definition) is 3. The second-order valence-electron chi connectivity index (χ2n) is 4.19. The third-order valence-electron chi connectivity index (χ3n) is 2.85. The zero-order valence-corrected chi connectivity index (χ0v) is 9.82. The van der Waals surface area contributed by atoms with Crippen LogP contribution < -0.4 is 11.1 Å². The van der Waals surface area contributed by atoms with E-state index in [2.05, 4.69) is 15.3 Å². The van der Waals surface area contributed by atoms with Gasteiger partial charge in [0.15, 0.2) is 0 Å². The molecule has 0 unspecified atom stereocenters. The molecule has 1 amide bonds. The van der Waals surface area contributed by atoms with Crippen molar-refractivity contribution in [3.05, 3.63) is 30.5 Å². The highest BCUT2D eigenvalue weighted by molar-refractivity contribution is 6.11. The lowest BCUT2D eigenvalue weighted by atomic mass is 10.1. The number of H-pyrrole nitrogens is 1. The van der Waals surface area contributed by atoms with Gasteiger partial charge in [-0.1, -0.05) is 12.1 Å². The number of aromatic amines is 1. The molecule has 0 saturated heterocycles. The number of nitrogen functional groups attached to an aromatic ring is 1. The highest BCUT2D eigenvalue weighted by Crippen LogP contribution is 2.29. The molecule has 0 bridgehead atoms. The summed E-state index contributed by atoms with van der Waals surface area (Å²) >= 11 is 0. The fourth-order valence-corrected chi connectivity index (χ4v) is 2.10. The summed E-state index contributed by atoms with van der Waals surface area (Å²) in [6, 6.07) is 7.58. The van der Waals surface area contributed by atoms with E-state index in [1.165, 1.54) is 6.92 Å². The van der Waals surface area contributed by atoms with Crippen LogP contribution in [-0.4, -0.2) is 15.9 Å². The summed E-state index contributed by atoms with van der Waals surface area (Å²) in [7, 11) is 0. The highest BCUT2D eigenvalue weighted by atomic mass is 16.1. The maximum Gasteiger partial charge on any atom is 0.222 e. The fourth-order valence-electron chi connectivity index (χ4n) is 2.10. The van der Waals surface area contributed by atoms with Gasteiger partial charge in [-0.3, -0.25) is 4.79 Å². The van der Waals surface area contributed by atoms with E-state index in [9.17, 15) is 4.79 Å². The second-order valence-corrected chi connectivity index (χ2v) is 4.19. The Morgan fingerprint density at radius 3 is 3.00 bits per heavy atom. The van der Waals surface area contributed by atoms with Gasteiger partial charge in [0.25, 0.3) is 0 Å². The van der Waals surface area contributed by atoms with E-state index in [4.69, 9.17) is 5.73 Å². The topological polar surface area (TPSA) is 83.8 Å². The van der Waals surface area contributed by atoms with Gasteiger partial charge in [-0.15, -0.1) is 0 Å². The lowest BCUT2D eigenvalue weighted by Crippen LogP contribution is -2.06. The molecule has 4 N–H and O–H groups in total. The lowest BCUT2D eigenvalue weighted by Gasteiger charge is -2.00. The minimum atomic E-state index is -0.138. The molecule has 2 aromatic heterocycles. The second kappa shape index (κ2) is 3.73. The molecule has 3 aromatic rings. The van der Waals surface area contributed by atoms with Crippen LogP contribution in [-0.2, 0) is 4.79 Å². The van der Waals surface area contributed by atoms with Crippen LogP contribution in [0.4, 0.5) is 11.5 Å². The Balaban J connectivity index is 2.29. The minimum absolute atomic E-state index is 0.138. The summed E-state index contributed by atoms with van der Waals surface area (Å²) in [5, 5.41) is 4.69. The van der Waals surface area contributed by atoms with E-state index >= 15 is 0 Å². The van der Waals surface area contributed by atoms with Crippen molar-refractivity contribution in [1.82, 2.24) is 9.97 Å². The standard InChI is InChI=1S/C13H12N4O/c1-7(18)16-12-5-9-8-3-2-4-10(14)13(8)17-11(9)6-15-12/h2-6,17H,14H2,1H3,(H,15,16,18). The molecule has 0 fully saturated rings. The minimum Gasteiger partial charge on any atom is -0.397 e. The van der Waals surface area contributed by atoms with Gasteiger partial charge in [0.05, 0.1) is 22.9 Å². The Morgan fingerprint density at radius 1 is 1.39 bits per heavy atom. The number of carbonyl (C=O) groups is 1. The maximum atomic E-state index is 11.0. The summed E-state index contributed by atoms with van der Waals surface area (Å²) in [5.74, 6) is 0.402. The van der Waals surface area contributed by atoms with Crippen LogP contribution in [0.15, 0.2) is 30.5 Å². The molecular formula is C13H12N4O. The Morgan fingerprint density at radius 2 is 2.22 bits per heavy atom. The van der Waals surface area contributed by atoms with Crippen LogP contribution in [0, 0.1) is 0 Å². The van der Waals surface area contributed by atoms with Crippen LogP contribution in [0.5, 0.6) is 0 Å². The lowest BCUT2D eigenvalue weighted by molar-refractivity contribution is -0.114. The molecule has 0 atom stereocenters. The molecule has 0 saturated carbocycles. The number of fused-ring (bicyclic) bond motifs is 3. The van der Waals surface area contributed by atoms with Crippen LogP contribution in [0.25, 0.3) is 21.8 Å². The summed E-state index contributed by atoms with van der Waals surface area (Å²) in [6.07, 6.45) is 1.69. The average molecular weight is 240 g/mol. The molecule has 3 rings (SSSR count). The predicted molar refractivity (Wildman–Crippen MR) is 72.3 cm³/mol. The average Bonchev–Trinajstić information content (AvgIpc) is 2.68. The number of nitrogens with zero attached hydrogens (tertiary/aromatic N) is 1. The maximum absolute atomic E-state index is 11.0. The zero-order valence-electron chi connectivity index (χ0n) is 9.82. The summed E-state index contributed by atoms with van der Waals surface area (Å²) < 4.78 is 0. The molecule has 0 aliphatic carbocycles. The first kappa shape index (κ1) is 10.6.